The summed E-state index contributed by atoms with van der Waals surface area (Å²) in [6.07, 6.45) is 0. The fourth-order valence-corrected chi connectivity index (χ4v) is 0.365. The number of hydrogen-bond donors (Lipinski definition) is 0. The molecule has 0 rings (SSSR count). The van der Waals surface area contributed by atoms with E-state index in [1.54, 1.807) is 0 Å². The molecule has 0 saturated heterocycles. The van der Waals surface area contributed by atoms with Crippen LogP contribution in [-0.4, -0.2) is 87.3 Å². The van der Waals surface area contributed by atoms with Crippen LogP contribution in [0.3, 0.4) is 0 Å². The molecule has 0 aliphatic carbocycles. The first-order chi connectivity index (χ1) is 5.54. The van der Waals surface area contributed by atoms with Crippen molar-refractivity contribution in [3.05, 3.63) is 0 Å². The minimum absolute atomic E-state index is 0. The minimum atomic E-state index is 0. The molecule has 5 heteroatoms. The van der Waals surface area contributed by atoms with Gasteiger partial charge in [0, 0.05) is 0 Å². The normalized spacial score (nSPS) is 9.23. The zero-order valence-corrected chi connectivity index (χ0v) is 10.7. The smallest absolute Gasteiger partial charge is 0.854 e. The summed E-state index contributed by atoms with van der Waals surface area (Å²) < 4.78 is 0. The Morgan fingerprint density at radius 3 is 1.00 bits per heavy atom. The van der Waals surface area contributed by atoms with Gasteiger partial charge in [0.15, 0.2) is 0 Å². The third kappa shape index (κ3) is 32.5. The van der Waals surface area contributed by atoms with Crippen molar-refractivity contribution >= 4 is 23.1 Å². The number of rotatable bonds is 4. The molecule has 76 valence electrons. The van der Waals surface area contributed by atoms with Crippen LogP contribution in [0.15, 0.2) is 0 Å². The van der Waals surface area contributed by atoms with Gasteiger partial charge in [-0.05, 0) is 41.3 Å². The van der Waals surface area contributed by atoms with E-state index in [0.717, 1.165) is 0 Å². The van der Waals surface area contributed by atoms with Crippen LogP contribution in [0.5, 0.6) is 0 Å². The van der Waals surface area contributed by atoms with E-state index in [-0.39, 0.29) is 36.3 Å². The van der Waals surface area contributed by atoms with Crippen molar-refractivity contribution in [3.8, 4) is 0 Å². The first-order valence-electron chi connectivity index (χ1n) is 4.00. The summed E-state index contributed by atoms with van der Waals surface area (Å²) in [5.74, 6) is 0. The molecule has 13 heavy (non-hydrogen) atoms. The molecule has 0 bridgehead atoms. The molecule has 0 radical (unpaired) electrons. The summed E-state index contributed by atoms with van der Waals surface area (Å²) in [7, 11) is 7.55. The number of hydrogen-bond acceptors (Lipinski definition) is 4. The van der Waals surface area contributed by atoms with E-state index in [4.69, 9.17) is 0 Å². The van der Waals surface area contributed by atoms with Crippen LogP contribution >= 0.6 is 0 Å². The summed E-state index contributed by atoms with van der Waals surface area (Å²) >= 11 is 0. The standard InChI is InChI=1S/2C4H10NO.Mg/c2*1-5(2)3-4-6;/h2*3-4H2,1-2H3;/q2*-1;+2. The first kappa shape index (κ1) is 19.2. The van der Waals surface area contributed by atoms with Crippen molar-refractivity contribution in [3.63, 3.8) is 0 Å². The van der Waals surface area contributed by atoms with Gasteiger partial charge in [-0.1, -0.05) is 0 Å². The molecule has 0 aliphatic rings. The Hall–Kier alpha value is 0.606. The number of likely N-dealkylation sites (N-methyl/N-ethyl adjacent to an activating group) is 2. The van der Waals surface area contributed by atoms with Gasteiger partial charge in [0.1, 0.15) is 0 Å². The van der Waals surface area contributed by atoms with Gasteiger partial charge in [-0.3, -0.25) is 0 Å². The molecule has 0 unspecified atom stereocenters. The predicted molar refractivity (Wildman–Crippen MR) is 52.6 cm³/mol. The Morgan fingerprint density at radius 2 is 1.00 bits per heavy atom. The van der Waals surface area contributed by atoms with Gasteiger partial charge < -0.3 is 20.0 Å². The quantitative estimate of drug-likeness (QED) is 0.469. The van der Waals surface area contributed by atoms with Crippen LogP contribution in [-0.2, 0) is 0 Å². The Balaban J connectivity index is -0.000000143. The first-order valence-corrected chi connectivity index (χ1v) is 4.00. The maximum absolute atomic E-state index is 9.70. The van der Waals surface area contributed by atoms with Crippen molar-refractivity contribution in [2.24, 2.45) is 0 Å². The SMILES string of the molecule is CN(C)CC[O-].CN(C)CC[O-].[Mg+2]. The monoisotopic (exact) mass is 200 g/mol. The van der Waals surface area contributed by atoms with Gasteiger partial charge in [-0.25, -0.2) is 0 Å². The third-order valence-corrected chi connectivity index (χ3v) is 1.08. The molecular weight excluding hydrogens is 180 g/mol. The largest absolute Gasteiger partial charge is 2.00 e. The molecule has 0 aromatic heterocycles. The topological polar surface area (TPSA) is 52.6 Å². The van der Waals surface area contributed by atoms with Gasteiger partial charge in [0.05, 0.1) is 0 Å². The van der Waals surface area contributed by atoms with Crippen LogP contribution in [0.4, 0.5) is 0 Å². The summed E-state index contributed by atoms with van der Waals surface area (Å²) in [5, 5.41) is 19.4. The average Bonchev–Trinajstić information content (AvgIpc) is 1.87. The van der Waals surface area contributed by atoms with Crippen LogP contribution in [0.2, 0.25) is 0 Å². The summed E-state index contributed by atoms with van der Waals surface area (Å²) in [4.78, 5) is 3.74. The molecule has 0 N–H and O–H groups in total. The average molecular weight is 201 g/mol. The van der Waals surface area contributed by atoms with Gasteiger partial charge in [-0.15, -0.1) is 13.2 Å². The predicted octanol–water partition coefficient (Wildman–Crippen LogP) is -2.56. The van der Waals surface area contributed by atoms with E-state index in [1.807, 2.05) is 38.0 Å². The molecular formula is C8H20MgN2O2. The Morgan fingerprint density at radius 1 is 0.769 bits per heavy atom. The molecule has 4 nitrogen and oxygen atoms in total. The molecule has 0 heterocycles. The van der Waals surface area contributed by atoms with Crippen molar-refractivity contribution in [1.82, 2.24) is 9.80 Å². The molecule has 0 fully saturated rings. The zero-order valence-electron chi connectivity index (χ0n) is 9.25. The Labute approximate surface area is 97.7 Å². The molecule has 0 saturated carbocycles. The van der Waals surface area contributed by atoms with Crippen LogP contribution in [0.1, 0.15) is 0 Å². The molecule has 0 atom stereocenters. The van der Waals surface area contributed by atoms with E-state index in [1.165, 1.54) is 0 Å². The fourth-order valence-electron chi connectivity index (χ4n) is 0.365. The van der Waals surface area contributed by atoms with E-state index in [0.29, 0.717) is 13.1 Å². The minimum Gasteiger partial charge on any atom is -0.854 e. The maximum atomic E-state index is 9.70. The van der Waals surface area contributed by atoms with Crippen LogP contribution in [0.25, 0.3) is 0 Å². The molecule has 0 aliphatic heterocycles. The van der Waals surface area contributed by atoms with Crippen molar-refractivity contribution in [1.29, 1.82) is 0 Å². The Bertz CT molecular complexity index is 72.5. The molecule has 0 spiro atoms. The fraction of sp³-hybridized carbons (Fsp3) is 1.00. The van der Waals surface area contributed by atoms with E-state index in [2.05, 4.69) is 0 Å². The van der Waals surface area contributed by atoms with Crippen LogP contribution < -0.4 is 10.2 Å². The van der Waals surface area contributed by atoms with Gasteiger partial charge in [0.2, 0.25) is 0 Å². The van der Waals surface area contributed by atoms with E-state index < -0.39 is 0 Å². The number of nitrogens with zero attached hydrogens (tertiary/aromatic N) is 2. The van der Waals surface area contributed by atoms with Crippen molar-refractivity contribution in [2.75, 3.05) is 54.5 Å². The second kappa shape index (κ2) is 15.1. The molecule has 0 amide bonds. The van der Waals surface area contributed by atoms with E-state index in [9.17, 15) is 10.2 Å². The third-order valence-electron chi connectivity index (χ3n) is 1.08. The second-order valence-electron chi connectivity index (χ2n) is 3.01. The molecule has 0 aromatic carbocycles. The van der Waals surface area contributed by atoms with E-state index >= 15 is 0 Å². The zero-order chi connectivity index (χ0) is 9.98. The van der Waals surface area contributed by atoms with Gasteiger partial charge in [0.25, 0.3) is 0 Å². The van der Waals surface area contributed by atoms with Gasteiger partial charge in [-0.2, -0.15) is 0 Å². The summed E-state index contributed by atoms with van der Waals surface area (Å²) in [5.41, 5.74) is 0. The maximum Gasteiger partial charge on any atom is 2.00 e. The van der Waals surface area contributed by atoms with Crippen LogP contribution in [0, 0.1) is 0 Å². The van der Waals surface area contributed by atoms with Gasteiger partial charge >= 0.3 is 23.1 Å². The van der Waals surface area contributed by atoms with Crippen molar-refractivity contribution < 1.29 is 10.2 Å². The molecule has 0 aromatic rings. The summed E-state index contributed by atoms with van der Waals surface area (Å²) in [6.45, 7) is 1.32. The second-order valence-corrected chi connectivity index (χ2v) is 3.01. The van der Waals surface area contributed by atoms with Crippen molar-refractivity contribution in [2.45, 2.75) is 0 Å². The summed E-state index contributed by atoms with van der Waals surface area (Å²) in [6, 6.07) is 0. The Kier molecular flexibility index (Phi) is 22.3.